The number of hydrogen-bond donors (Lipinski definition) is 2. The molecule has 2 N–H and O–H groups in total. The van der Waals surface area contributed by atoms with Crippen molar-refractivity contribution >= 4 is 11.8 Å². The van der Waals surface area contributed by atoms with Gasteiger partial charge in [0.05, 0.1) is 17.8 Å². The number of carbonyl (C=O) groups excluding carboxylic acids is 2. The molecule has 29 heavy (non-hydrogen) atoms. The number of hydrogen-bond acceptors (Lipinski definition) is 6. The lowest BCUT2D eigenvalue weighted by atomic mass is 9.88. The van der Waals surface area contributed by atoms with Crippen molar-refractivity contribution in [1.82, 2.24) is 10.2 Å². The molecule has 0 radical (unpaired) electrons. The SMILES string of the molecule is CCOC(=O)C1=CC(C(=O)c2ccc(C)cc2)=C2NCCCN2C1(O)C(F)(F)F. The number of aliphatic hydroxyl groups is 1. The molecule has 0 bridgehead atoms. The van der Waals surface area contributed by atoms with Gasteiger partial charge in [0.15, 0.2) is 5.78 Å². The van der Waals surface area contributed by atoms with E-state index in [2.05, 4.69) is 5.32 Å². The van der Waals surface area contributed by atoms with Crippen LogP contribution in [0.4, 0.5) is 13.2 Å². The lowest BCUT2D eigenvalue weighted by Gasteiger charge is -2.48. The summed E-state index contributed by atoms with van der Waals surface area (Å²) in [5.74, 6) is -2.05. The van der Waals surface area contributed by atoms with Crippen LogP contribution in [-0.2, 0) is 9.53 Å². The number of halogens is 3. The van der Waals surface area contributed by atoms with E-state index < -0.39 is 29.2 Å². The fraction of sp³-hybridized carbons (Fsp3) is 0.400. The molecule has 0 aliphatic carbocycles. The van der Waals surface area contributed by atoms with E-state index in [0.29, 0.717) is 11.4 Å². The second-order valence-electron chi connectivity index (χ2n) is 6.84. The van der Waals surface area contributed by atoms with Crippen molar-refractivity contribution in [3.63, 3.8) is 0 Å². The molecule has 0 spiro atoms. The number of allylic oxidation sites excluding steroid dienone is 2. The number of Topliss-reactive ketones (excluding diaryl/α,β-unsaturated/α-hetero) is 1. The van der Waals surface area contributed by atoms with Crippen molar-refractivity contribution in [1.29, 1.82) is 0 Å². The average Bonchev–Trinajstić information content (AvgIpc) is 2.68. The fourth-order valence-corrected chi connectivity index (χ4v) is 3.42. The Kier molecular flexibility index (Phi) is 5.44. The molecule has 1 aromatic carbocycles. The minimum atomic E-state index is -5.20. The summed E-state index contributed by atoms with van der Waals surface area (Å²) in [7, 11) is 0. The van der Waals surface area contributed by atoms with Crippen LogP contribution in [0.1, 0.15) is 29.3 Å². The standard InChI is InChI=1S/C20H21F3N2O4/c1-3-29-18(27)15-11-14(16(26)13-7-5-12(2)6-8-13)17-24-9-4-10-25(17)19(15,28)20(21,22)23/h5-8,11,24,28H,3-4,9-10H2,1-2H3. The monoisotopic (exact) mass is 410 g/mol. The Balaban J connectivity index is 2.20. The third kappa shape index (κ3) is 3.50. The maximum absolute atomic E-state index is 14.0. The van der Waals surface area contributed by atoms with Gasteiger partial charge in [0.1, 0.15) is 5.82 Å². The Morgan fingerprint density at radius 2 is 1.93 bits per heavy atom. The summed E-state index contributed by atoms with van der Waals surface area (Å²) in [6.07, 6.45) is -4.13. The lowest BCUT2D eigenvalue weighted by molar-refractivity contribution is -0.295. The average molecular weight is 410 g/mol. The first-order valence-corrected chi connectivity index (χ1v) is 9.16. The summed E-state index contributed by atoms with van der Waals surface area (Å²) in [6, 6.07) is 6.52. The van der Waals surface area contributed by atoms with Crippen LogP contribution in [0.25, 0.3) is 0 Å². The molecule has 2 aliphatic rings. The van der Waals surface area contributed by atoms with Crippen LogP contribution in [0.3, 0.4) is 0 Å². The van der Waals surface area contributed by atoms with E-state index in [-0.39, 0.29) is 36.5 Å². The van der Waals surface area contributed by atoms with E-state index in [9.17, 15) is 27.9 Å². The van der Waals surface area contributed by atoms with Crippen LogP contribution in [-0.4, -0.2) is 53.4 Å². The Morgan fingerprint density at radius 3 is 2.52 bits per heavy atom. The first kappa shape index (κ1) is 20.9. The summed E-state index contributed by atoms with van der Waals surface area (Å²) in [4.78, 5) is 26.1. The number of fused-ring (bicyclic) bond motifs is 1. The zero-order valence-corrected chi connectivity index (χ0v) is 16.0. The molecule has 0 aromatic heterocycles. The predicted octanol–water partition coefficient (Wildman–Crippen LogP) is 2.44. The van der Waals surface area contributed by atoms with E-state index in [0.717, 1.165) is 11.6 Å². The number of rotatable bonds is 4. The van der Waals surface area contributed by atoms with E-state index in [4.69, 9.17) is 4.74 Å². The van der Waals surface area contributed by atoms with Crippen molar-refractivity contribution in [2.45, 2.75) is 32.2 Å². The van der Waals surface area contributed by atoms with Gasteiger partial charge in [-0.1, -0.05) is 29.8 Å². The number of nitrogens with one attached hydrogen (secondary N) is 1. The smallest absolute Gasteiger partial charge is 0.441 e. The van der Waals surface area contributed by atoms with E-state index >= 15 is 0 Å². The minimum Gasteiger partial charge on any atom is -0.462 e. The second kappa shape index (κ2) is 7.55. The van der Waals surface area contributed by atoms with Crippen LogP contribution in [0.5, 0.6) is 0 Å². The molecule has 0 saturated carbocycles. The number of carbonyl (C=O) groups is 2. The van der Waals surface area contributed by atoms with Gasteiger partial charge in [-0.05, 0) is 26.3 Å². The van der Waals surface area contributed by atoms with E-state index in [1.54, 1.807) is 24.3 Å². The summed E-state index contributed by atoms with van der Waals surface area (Å²) in [5.41, 5.74) is -3.60. The van der Waals surface area contributed by atoms with Gasteiger partial charge in [0.2, 0.25) is 0 Å². The second-order valence-corrected chi connectivity index (χ2v) is 6.84. The Morgan fingerprint density at radius 1 is 1.28 bits per heavy atom. The highest BCUT2D eigenvalue weighted by atomic mass is 19.4. The number of esters is 1. The van der Waals surface area contributed by atoms with Gasteiger partial charge < -0.3 is 20.1 Å². The highest BCUT2D eigenvalue weighted by molar-refractivity contribution is 6.12. The summed E-state index contributed by atoms with van der Waals surface area (Å²) >= 11 is 0. The van der Waals surface area contributed by atoms with Crippen molar-refractivity contribution in [2.75, 3.05) is 19.7 Å². The van der Waals surface area contributed by atoms with Gasteiger partial charge >= 0.3 is 12.1 Å². The number of ether oxygens (including phenoxy) is 1. The van der Waals surface area contributed by atoms with Gasteiger partial charge in [0, 0.05) is 18.7 Å². The first-order valence-electron chi connectivity index (χ1n) is 9.16. The summed E-state index contributed by atoms with van der Waals surface area (Å²) in [6.45, 7) is 3.23. The number of benzene rings is 1. The maximum atomic E-state index is 14.0. The third-order valence-corrected chi connectivity index (χ3v) is 4.88. The quantitative estimate of drug-likeness (QED) is 0.587. The molecule has 1 unspecified atom stereocenters. The fourth-order valence-electron chi connectivity index (χ4n) is 3.42. The van der Waals surface area contributed by atoms with Gasteiger partial charge in [-0.15, -0.1) is 0 Å². The van der Waals surface area contributed by atoms with Crippen molar-refractivity contribution in [2.24, 2.45) is 0 Å². The van der Waals surface area contributed by atoms with Crippen LogP contribution in [0.15, 0.2) is 47.3 Å². The largest absolute Gasteiger partial charge is 0.462 e. The Labute approximate surface area is 165 Å². The molecule has 9 heteroatoms. The van der Waals surface area contributed by atoms with Gasteiger partial charge in [-0.25, -0.2) is 4.79 Å². The number of alkyl halides is 3. The molecule has 0 amide bonds. The van der Waals surface area contributed by atoms with E-state index in [1.807, 2.05) is 6.92 Å². The summed E-state index contributed by atoms with van der Waals surface area (Å²) < 4.78 is 46.7. The molecule has 1 aromatic rings. The highest BCUT2D eigenvalue weighted by Crippen LogP contribution is 2.45. The number of aryl methyl sites for hydroxylation is 1. The topological polar surface area (TPSA) is 78.9 Å². The molecule has 6 nitrogen and oxygen atoms in total. The van der Waals surface area contributed by atoms with Crippen LogP contribution in [0, 0.1) is 6.92 Å². The number of nitrogens with zero attached hydrogens (tertiary/aromatic N) is 1. The minimum absolute atomic E-state index is 0.134. The van der Waals surface area contributed by atoms with Crippen molar-refractivity contribution in [3.8, 4) is 0 Å². The molecule has 1 fully saturated rings. The molecule has 2 heterocycles. The van der Waals surface area contributed by atoms with Gasteiger partial charge in [-0.2, -0.15) is 13.2 Å². The molecule has 156 valence electrons. The van der Waals surface area contributed by atoms with E-state index in [1.165, 1.54) is 6.92 Å². The van der Waals surface area contributed by atoms with Gasteiger partial charge in [-0.3, -0.25) is 4.79 Å². The van der Waals surface area contributed by atoms with Crippen LogP contribution in [0.2, 0.25) is 0 Å². The van der Waals surface area contributed by atoms with Crippen LogP contribution < -0.4 is 5.32 Å². The maximum Gasteiger partial charge on any atom is 0.441 e. The predicted molar refractivity (Wildman–Crippen MR) is 97.6 cm³/mol. The highest BCUT2D eigenvalue weighted by Gasteiger charge is 2.65. The first-order chi connectivity index (χ1) is 13.6. The lowest BCUT2D eigenvalue weighted by Crippen LogP contribution is -2.65. The molecule has 1 saturated heterocycles. The number of ketones is 1. The van der Waals surface area contributed by atoms with Crippen molar-refractivity contribution in [3.05, 3.63) is 58.4 Å². The van der Waals surface area contributed by atoms with Crippen LogP contribution >= 0.6 is 0 Å². The Hall–Kier alpha value is -2.81. The van der Waals surface area contributed by atoms with Gasteiger partial charge in [0.25, 0.3) is 5.72 Å². The zero-order valence-electron chi connectivity index (χ0n) is 16.0. The zero-order chi connectivity index (χ0) is 21.4. The third-order valence-electron chi connectivity index (χ3n) is 4.88. The molecule has 3 rings (SSSR count). The molecular weight excluding hydrogens is 389 g/mol. The van der Waals surface area contributed by atoms with Crippen molar-refractivity contribution < 1.29 is 32.6 Å². The normalized spacial score (nSPS) is 21.9. The molecule has 2 aliphatic heterocycles. The summed E-state index contributed by atoms with van der Waals surface area (Å²) in [5, 5.41) is 13.5. The molecule has 1 atom stereocenters. The molecular formula is C20H21F3N2O4. The Bertz CT molecular complexity index is 890.